The predicted molar refractivity (Wildman–Crippen MR) is 264 cm³/mol. The van der Waals surface area contributed by atoms with Gasteiger partial charge in [0, 0.05) is 22.4 Å². The van der Waals surface area contributed by atoms with Gasteiger partial charge in [-0.3, -0.25) is 0 Å². The lowest BCUT2D eigenvalue weighted by Gasteiger charge is -2.92. The van der Waals surface area contributed by atoms with Crippen LogP contribution in [0.2, 0.25) is 0 Å². The molecule has 4 fully saturated rings. The molecule has 9 aromatic carbocycles. The van der Waals surface area contributed by atoms with E-state index in [0.29, 0.717) is 5.41 Å². The highest BCUT2D eigenvalue weighted by atomic mass is 15.1. The zero-order chi connectivity index (χ0) is 41.7. The van der Waals surface area contributed by atoms with Gasteiger partial charge in [0.1, 0.15) is 0 Å². The molecule has 0 bridgehead atoms. The molecule has 6 aliphatic carbocycles. The van der Waals surface area contributed by atoms with Gasteiger partial charge in [-0.15, -0.1) is 0 Å². The highest BCUT2D eigenvalue weighted by Crippen LogP contribution is 2.94. The summed E-state index contributed by atoms with van der Waals surface area (Å²) in [5.41, 5.74) is 25.4. The minimum absolute atomic E-state index is 0.177. The van der Waals surface area contributed by atoms with Crippen molar-refractivity contribution < 1.29 is 0 Å². The Hall–Kier alpha value is -7.22. The van der Waals surface area contributed by atoms with Gasteiger partial charge in [0.15, 0.2) is 0 Å². The van der Waals surface area contributed by atoms with Crippen LogP contribution in [0.3, 0.4) is 0 Å². The molecule has 1 heteroatoms. The normalized spacial score (nSPS) is 23.9. The van der Waals surface area contributed by atoms with Gasteiger partial charge < -0.3 is 4.90 Å². The fourth-order valence-corrected chi connectivity index (χ4v) is 14.9. The van der Waals surface area contributed by atoms with Crippen molar-refractivity contribution in [2.75, 3.05) is 4.90 Å². The molecule has 15 rings (SSSR count). The summed E-state index contributed by atoms with van der Waals surface area (Å²) >= 11 is 0. The van der Waals surface area contributed by atoms with Gasteiger partial charge >= 0.3 is 0 Å². The second-order valence-electron chi connectivity index (χ2n) is 19.5. The summed E-state index contributed by atoms with van der Waals surface area (Å²) in [6.45, 7) is 0. The second kappa shape index (κ2) is 12.7. The first-order valence-electron chi connectivity index (χ1n) is 23.4. The van der Waals surface area contributed by atoms with Gasteiger partial charge in [-0.25, -0.2) is 0 Å². The maximum Gasteiger partial charge on any atom is 0.0546 e. The number of benzene rings is 9. The molecule has 0 aliphatic heterocycles. The SMILES string of the molecule is c1ccc(-c2cccc(-c3ccc(N(c4ccc5c(c4)-c4ccccc4C54C5CC6CC7CC4C675)c4cccc5c4-c4ccccc4-c4ccccc4-c4ccccc4-5)cc3)c2)cc1. The van der Waals surface area contributed by atoms with Crippen molar-refractivity contribution >= 4 is 17.1 Å². The number of fused-ring (bicyclic) bond motifs is 15. The molecule has 4 unspecified atom stereocenters. The highest BCUT2D eigenvalue weighted by molar-refractivity contribution is 6.08. The van der Waals surface area contributed by atoms with Gasteiger partial charge in [-0.05, 0) is 168 Å². The van der Waals surface area contributed by atoms with E-state index in [4.69, 9.17) is 0 Å². The molecule has 64 heavy (non-hydrogen) atoms. The third-order valence-electron chi connectivity index (χ3n) is 17.3. The monoisotopic (exact) mass is 815 g/mol. The Balaban J connectivity index is 0.950. The van der Waals surface area contributed by atoms with Crippen LogP contribution in [-0.4, -0.2) is 0 Å². The van der Waals surface area contributed by atoms with Crippen molar-refractivity contribution in [3.8, 4) is 77.9 Å². The van der Waals surface area contributed by atoms with E-state index in [1.807, 2.05) is 0 Å². The van der Waals surface area contributed by atoms with E-state index in [0.717, 1.165) is 29.4 Å². The minimum atomic E-state index is 0.177. The zero-order valence-corrected chi connectivity index (χ0v) is 35.6. The Morgan fingerprint density at radius 2 is 0.812 bits per heavy atom. The Morgan fingerprint density at radius 1 is 0.328 bits per heavy atom. The molecule has 1 nitrogen and oxygen atoms in total. The van der Waals surface area contributed by atoms with Crippen LogP contribution in [0, 0.1) is 29.1 Å². The van der Waals surface area contributed by atoms with Crippen molar-refractivity contribution in [2.45, 2.75) is 24.7 Å². The van der Waals surface area contributed by atoms with Crippen molar-refractivity contribution in [2.24, 2.45) is 29.1 Å². The van der Waals surface area contributed by atoms with Crippen LogP contribution in [0.15, 0.2) is 212 Å². The van der Waals surface area contributed by atoms with E-state index in [1.54, 1.807) is 11.1 Å². The molecule has 0 saturated heterocycles. The first kappa shape index (κ1) is 35.3. The van der Waals surface area contributed by atoms with E-state index >= 15 is 0 Å². The lowest BCUT2D eigenvalue weighted by molar-refractivity contribution is -0.412. The third kappa shape index (κ3) is 4.31. The molecule has 4 saturated carbocycles. The van der Waals surface area contributed by atoms with Crippen LogP contribution < -0.4 is 4.90 Å². The maximum atomic E-state index is 2.57. The summed E-state index contributed by atoms with van der Waals surface area (Å²) < 4.78 is 0. The summed E-state index contributed by atoms with van der Waals surface area (Å²) in [6, 6.07) is 80.2. The molecule has 0 aromatic heterocycles. The Kier molecular flexibility index (Phi) is 7.00. The lowest BCUT2D eigenvalue weighted by atomic mass is 9.11. The lowest BCUT2D eigenvalue weighted by Crippen LogP contribution is -2.88. The maximum absolute atomic E-state index is 2.57. The van der Waals surface area contributed by atoms with E-state index in [9.17, 15) is 0 Å². The molecule has 2 spiro atoms. The van der Waals surface area contributed by atoms with Crippen molar-refractivity contribution in [1.82, 2.24) is 0 Å². The summed E-state index contributed by atoms with van der Waals surface area (Å²) in [6.07, 6.45) is 4.31. The number of rotatable bonds is 5. The minimum Gasteiger partial charge on any atom is -0.310 e. The summed E-state index contributed by atoms with van der Waals surface area (Å²) in [4.78, 5) is 2.57. The average molecular weight is 816 g/mol. The largest absolute Gasteiger partial charge is 0.310 e. The summed E-state index contributed by atoms with van der Waals surface area (Å²) in [5.74, 6) is 3.57. The van der Waals surface area contributed by atoms with Crippen LogP contribution in [0.5, 0.6) is 0 Å². The Bertz CT molecular complexity index is 3380. The Labute approximate surface area is 375 Å². The van der Waals surface area contributed by atoms with Crippen molar-refractivity contribution in [1.29, 1.82) is 0 Å². The number of hydrogen-bond acceptors (Lipinski definition) is 1. The van der Waals surface area contributed by atoms with Gasteiger partial charge in [-0.1, -0.05) is 176 Å². The molecule has 0 radical (unpaired) electrons. The van der Waals surface area contributed by atoms with Crippen LogP contribution in [-0.2, 0) is 5.41 Å². The number of hydrogen-bond donors (Lipinski definition) is 0. The standard InChI is InChI=1S/C63H45N/c1-2-14-39(15-3-1)41-16-12-17-42(34-41)40-28-30-45(31-29-40)64(46-32-33-57-55(38-46)52-23-10-11-26-56(52)63(57)59-36-43-35-44-37-60(63)62(43,44)59)58-27-13-25-54-51-21-7-6-20-49(51)47-18-4-5-19-48(47)50-22-8-9-24-53(50)61(54)58/h1-34,38,43-44,59-60H,35-37H2. The van der Waals surface area contributed by atoms with Crippen LogP contribution in [0.25, 0.3) is 77.9 Å². The molecule has 0 amide bonds. The summed E-state index contributed by atoms with van der Waals surface area (Å²) in [5, 5.41) is 0. The molecule has 9 aromatic rings. The second-order valence-corrected chi connectivity index (χ2v) is 19.5. The van der Waals surface area contributed by atoms with Crippen LogP contribution in [0.4, 0.5) is 17.1 Å². The smallest absolute Gasteiger partial charge is 0.0546 e. The van der Waals surface area contributed by atoms with E-state index < -0.39 is 0 Å². The highest BCUT2D eigenvalue weighted by Gasteiger charge is 2.90. The van der Waals surface area contributed by atoms with Crippen molar-refractivity contribution in [3.05, 3.63) is 223 Å². The fourth-order valence-electron chi connectivity index (χ4n) is 14.9. The quantitative estimate of drug-likeness (QED) is 0.167. The zero-order valence-electron chi connectivity index (χ0n) is 35.6. The van der Waals surface area contributed by atoms with Crippen LogP contribution in [0.1, 0.15) is 30.4 Å². The molecular formula is C63H45N. The molecule has 6 aliphatic rings. The van der Waals surface area contributed by atoms with E-state index in [2.05, 4.69) is 217 Å². The van der Waals surface area contributed by atoms with Crippen LogP contribution >= 0.6 is 0 Å². The molecule has 0 heterocycles. The average Bonchev–Trinajstić information content (AvgIpc) is 3.63. The molecule has 4 atom stereocenters. The van der Waals surface area contributed by atoms with Gasteiger partial charge in [-0.2, -0.15) is 0 Å². The summed E-state index contributed by atoms with van der Waals surface area (Å²) in [7, 11) is 0. The first-order chi connectivity index (χ1) is 31.7. The van der Waals surface area contributed by atoms with E-state index in [-0.39, 0.29) is 5.41 Å². The molecular weight excluding hydrogens is 771 g/mol. The van der Waals surface area contributed by atoms with Gasteiger partial charge in [0.25, 0.3) is 0 Å². The molecule has 0 N–H and O–H groups in total. The van der Waals surface area contributed by atoms with E-state index in [1.165, 1.54) is 109 Å². The molecule has 302 valence electrons. The van der Waals surface area contributed by atoms with Crippen molar-refractivity contribution in [3.63, 3.8) is 0 Å². The number of nitrogens with zero attached hydrogens (tertiary/aromatic N) is 1. The predicted octanol–water partition coefficient (Wildman–Crippen LogP) is 16.4. The number of anilines is 3. The van der Waals surface area contributed by atoms with Gasteiger partial charge in [0.05, 0.1) is 5.69 Å². The fraction of sp³-hybridized carbons (Fsp3) is 0.143. The third-order valence-corrected chi connectivity index (χ3v) is 17.3. The topological polar surface area (TPSA) is 3.24 Å². The first-order valence-corrected chi connectivity index (χ1v) is 23.4. The van der Waals surface area contributed by atoms with Gasteiger partial charge in [0.2, 0.25) is 0 Å². The Morgan fingerprint density at radius 3 is 1.47 bits per heavy atom.